The molecule has 3 heterocycles. The molecule has 680 valence electrons. The number of nitrogens with one attached hydrogen (secondary N) is 1. The van der Waals surface area contributed by atoms with Gasteiger partial charge in [-0.3, -0.25) is 4.79 Å². The van der Waals surface area contributed by atoms with Crippen molar-refractivity contribution in [3.05, 3.63) is 134 Å². The maximum absolute atomic E-state index is 13.6. The summed E-state index contributed by atoms with van der Waals surface area (Å²) in [4.78, 5) is 13.6. The van der Waals surface area contributed by atoms with E-state index in [-0.39, 0.29) is 18.9 Å². The third-order valence-corrected chi connectivity index (χ3v) is 22.7. The van der Waals surface area contributed by atoms with Gasteiger partial charge in [-0.25, -0.2) is 0 Å². The van der Waals surface area contributed by atoms with E-state index in [0.29, 0.717) is 12.8 Å². The molecule has 0 saturated carbocycles. The van der Waals surface area contributed by atoms with Crippen LogP contribution in [0.15, 0.2) is 134 Å². The van der Waals surface area contributed by atoms with Crippen LogP contribution in [0.1, 0.15) is 354 Å². The standard InChI is InChI=1S/C99H171NO18/c1-3-5-7-9-11-13-15-17-19-21-23-25-27-29-31-33-35-37-38-39-40-41-42-43-44-45-47-49-51-53-55-57-59-61-63-65-67-69-71-73-75-77-87(105)100-82(83(104)76-74-72-70-68-66-64-62-60-58-56-54-52-50-48-46-36-34-32-30-28-26-24-22-20-18-16-14-12-10-8-6-4-2)81-113-97-93(111)90(108)95(85(79-102)115-97)118-99-94(112)91(109)96(86(80-103)116-99)117-98-92(110)89(107)88(106)84(78-101)114-98/h5,7,11,13,17,19,23,25,29,31,35,37,39-40,42-43,45,47,51,53,57,59,82-86,88-99,101-104,106-112H,3-4,6,8-10,12,14-16,18,20-22,24,26-28,30,32-34,36,38,41,44,46,48-50,52,54-56,58,60-81H2,1-2H3,(H,100,105)/b7-5-,13-11-,19-17-,25-23-,31-29-,37-35-,40-39-,43-42-,47-45-,53-51-,59-57-. The maximum Gasteiger partial charge on any atom is 0.220 e. The van der Waals surface area contributed by atoms with Crippen LogP contribution in [0, 0.1) is 0 Å². The van der Waals surface area contributed by atoms with Crippen LogP contribution in [-0.2, 0) is 33.2 Å². The van der Waals surface area contributed by atoms with E-state index in [9.17, 15) is 61.0 Å². The zero-order chi connectivity index (χ0) is 85.2. The molecular formula is C99H171NO18. The number of allylic oxidation sites excluding steroid dienone is 22. The van der Waals surface area contributed by atoms with Crippen molar-refractivity contribution in [3.8, 4) is 0 Å². The van der Waals surface area contributed by atoms with E-state index in [2.05, 4.69) is 153 Å². The van der Waals surface area contributed by atoms with Crippen molar-refractivity contribution in [2.45, 2.75) is 458 Å². The van der Waals surface area contributed by atoms with E-state index in [4.69, 9.17) is 28.4 Å². The van der Waals surface area contributed by atoms with Gasteiger partial charge in [0.05, 0.1) is 38.6 Å². The molecule has 12 N–H and O–H groups in total. The summed E-state index contributed by atoms with van der Waals surface area (Å²) < 4.78 is 34.6. The van der Waals surface area contributed by atoms with Crippen molar-refractivity contribution < 1.29 is 89.4 Å². The van der Waals surface area contributed by atoms with Crippen LogP contribution < -0.4 is 5.32 Å². The molecule has 0 radical (unpaired) electrons. The lowest BCUT2D eigenvalue weighted by atomic mass is 9.96. The van der Waals surface area contributed by atoms with Crippen LogP contribution >= 0.6 is 0 Å². The van der Waals surface area contributed by atoms with Gasteiger partial charge in [0.2, 0.25) is 5.91 Å². The predicted octanol–water partition coefficient (Wildman–Crippen LogP) is 19.1. The molecule has 0 aliphatic carbocycles. The van der Waals surface area contributed by atoms with Crippen molar-refractivity contribution >= 4 is 5.91 Å². The van der Waals surface area contributed by atoms with Crippen LogP contribution in [0.5, 0.6) is 0 Å². The molecule has 1 amide bonds. The highest BCUT2D eigenvalue weighted by molar-refractivity contribution is 5.76. The van der Waals surface area contributed by atoms with E-state index < -0.39 is 124 Å². The molecule has 3 saturated heterocycles. The van der Waals surface area contributed by atoms with E-state index in [0.717, 1.165) is 141 Å². The van der Waals surface area contributed by atoms with Gasteiger partial charge in [0.1, 0.15) is 73.2 Å². The first kappa shape index (κ1) is 108. The summed E-state index contributed by atoms with van der Waals surface area (Å²) in [7, 11) is 0. The minimum atomic E-state index is -1.98. The fourth-order valence-electron chi connectivity index (χ4n) is 15.3. The minimum Gasteiger partial charge on any atom is -0.394 e. The highest BCUT2D eigenvalue weighted by Gasteiger charge is 2.54. The Kier molecular flexibility index (Phi) is 70.2. The lowest BCUT2D eigenvalue weighted by Gasteiger charge is -2.48. The number of carbonyl (C=O) groups is 1. The molecule has 17 unspecified atom stereocenters. The van der Waals surface area contributed by atoms with Gasteiger partial charge >= 0.3 is 0 Å². The Labute approximate surface area is 715 Å². The van der Waals surface area contributed by atoms with Crippen molar-refractivity contribution in [3.63, 3.8) is 0 Å². The fraction of sp³-hybridized carbons (Fsp3) is 0.768. The molecule has 3 aliphatic heterocycles. The summed E-state index contributed by atoms with van der Waals surface area (Å²) in [5.74, 6) is -0.255. The molecule has 0 bridgehead atoms. The third-order valence-electron chi connectivity index (χ3n) is 22.7. The summed E-state index contributed by atoms with van der Waals surface area (Å²) >= 11 is 0. The van der Waals surface area contributed by atoms with Gasteiger partial charge in [-0.15, -0.1) is 0 Å². The normalized spacial score (nSPS) is 24.9. The van der Waals surface area contributed by atoms with Crippen molar-refractivity contribution in [1.29, 1.82) is 0 Å². The van der Waals surface area contributed by atoms with Crippen LogP contribution in [0.3, 0.4) is 0 Å². The van der Waals surface area contributed by atoms with Crippen molar-refractivity contribution in [2.24, 2.45) is 0 Å². The van der Waals surface area contributed by atoms with E-state index >= 15 is 0 Å². The molecule has 0 aromatic rings. The monoisotopic (exact) mass is 1660 g/mol. The number of carbonyl (C=O) groups excluding carboxylic acids is 1. The quantitative estimate of drug-likeness (QED) is 0.0199. The molecule has 3 aliphatic rings. The second-order valence-electron chi connectivity index (χ2n) is 33.1. The van der Waals surface area contributed by atoms with E-state index in [1.807, 2.05) is 0 Å². The number of hydrogen-bond acceptors (Lipinski definition) is 18. The summed E-state index contributed by atoms with van der Waals surface area (Å²) in [6, 6.07) is -0.906. The van der Waals surface area contributed by atoms with Crippen LogP contribution in [-0.4, -0.2) is 193 Å². The first-order valence-corrected chi connectivity index (χ1v) is 47.4. The van der Waals surface area contributed by atoms with Crippen LogP contribution in [0.25, 0.3) is 0 Å². The van der Waals surface area contributed by atoms with Crippen molar-refractivity contribution in [2.75, 3.05) is 26.4 Å². The molecule has 0 aromatic heterocycles. The largest absolute Gasteiger partial charge is 0.394 e. The molecule has 3 rings (SSSR count). The van der Waals surface area contributed by atoms with Crippen LogP contribution in [0.2, 0.25) is 0 Å². The predicted molar refractivity (Wildman–Crippen MR) is 480 cm³/mol. The van der Waals surface area contributed by atoms with Gasteiger partial charge < -0.3 is 89.9 Å². The summed E-state index contributed by atoms with van der Waals surface area (Å²) in [5.41, 5.74) is 0. The first-order valence-electron chi connectivity index (χ1n) is 47.4. The molecule has 19 heteroatoms. The number of unbranched alkanes of at least 4 members (excludes halogenated alkanes) is 38. The van der Waals surface area contributed by atoms with Crippen LogP contribution in [0.4, 0.5) is 0 Å². The average molecular weight is 1660 g/mol. The molecule has 118 heavy (non-hydrogen) atoms. The molecule has 3 fully saturated rings. The maximum atomic E-state index is 13.6. The van der Waals surface area contributed by atoms with Gasteiger partial charge in [-0.2, -0.15) is 0 Å². The molecule has 0 aromatic carbocycles. The highest BCUT2D eigenvalue weighted by atomic mass is 16.8. The number of rotatable bonds is 76. The Hall–Kier alpha value is -4.07. The van der Waals surface area contributed by atoms with Gasteiger partial charge in [0, 0.05) is 6.42 Å². The number of aliphatic hydroxyl groups is 11. The van der Waals surface area contributed by atoms with Gasteiger partial charge in [0.25, 0.3) is 0 Å². The van der Waals surface area contributed by atoms with Crippen molar-refractivity contribution in [1.82, 2.24) is 5.32 Å². The van der Waals surface area contributed by atoms with E-state index in [1.165, 1.54) is 180 Å². The Balaban J connectivity index is 1.32. The number of hydrogen-bond donors (Lipinski definition) is 12. The molecular weight excluding hydrogens is 1490 g/mol. The highest BCUT2D eigenvalue weighted by Crippen LogP contribution is 2.34. The SMILES string of the molecule is CC/C=C\C/C=C\C/C=C\C/C=C\C/C=C\C/C=C\C/C=C\C/C=C\C/C=C\C/C=C\C/C=C\CCCCCCCCCC(=O)NC(COC1OC(CO)C(OC2OC(CO)C(OC3OC(CO)C(O)C(O)C3O)C(O)C2O)C(O)C1O)C(O)CCCCCCCCCCCCCCCCCCCCCCCCCCCCCCCCCC. The Morgan fingerprint density at radius 3 is 0.915 bits per heavy atom. The molecule has 0 spiro atoms. The van der Waals surface area contributed by atoms with Gasteiger partial charge in [-0.1, -0.05) is 385 Å². The first-order chi connectivity index (χ1) is 57.8. The van der Waals surface area contributed by atoms with E-state index in [1.54, 1.807) is 0 Å². The molecule has 17 atom stereocenters. The van der Waals surface area contributed by atoms with Gasteiger partial charge in [-0.05, 0) is 96.3 Å². The zero-order valence-electron chi connectivity index (χ0n) is 73.6. The second kappa shape index (κ2) is 76.6. The fourth-order valence-corrected chi connectivity index (χ4v) is 15.3. The number of aliphatic hydroxyl groups excluding tert-OH is 11. The Morgan fingerprint density at radius 2 is 0.585 bits per heavy atom. The molecule has 19 nitrogen and oxygen atoms in total. The topological polar surface area (TPSA) is 307 Å². The summed E-state index contributed by atoms with van der Waals surface area (Å²) in [6.45, 7) is 1.72. The Morgan fingerprint density at radius 1 is 0.314 bits per heavy atom. The van der Waals surface area contributed by atoms with Gasteiger partial charge in [0.15, 0.2) is 18.9 Å². The summed E-state index contributed by atoms with van der Waals surface area (Å²) in [6.07, 6.45) is 84.1. The lowest BCUT2D eigenvalue weighted by Crippen LogP contribution is -2.66. The average Bonchev–Trinajstić information content (AvgIpc) is 0.777. The minimum absolute atomic E-state index is 0.246. The second-order valence-corrected chi connectivity index (χ2v) is 33.1. The zero-order valence-corrected chi connectivity index (χ0v) is 73.6. The third kappa shape index (κ3) is 53.8. The lowest BCUT2D eigenvalue weighted by molar-refractivity contribution is -0.379. The number of ether oxygens (including phenoxy) is 6. The number of amides is 1. The Bertz CT molecular complexity index is 2650. The summed E-state index contributed by atoms with van der Waals surface area (Å²) in [5, 5.41) is 121. The smallest absolute Gasteiger partial charge is 0.220 e.